The number of rotatable bonds is 6. The smallest absolute Gasteiger partial charge is 0.236 e. The zero-order chi connectivity index (χ0) is 14.5. The zero-order valence-electron chi connectivity index (χ0n) is 12.2. The van der Waals surface area contributed by atoms with Gasteiger partial charge in [-0.1, -0.05) is 12.1 Å². The van der Waals surface area contributed by atoms with Crippen LogP contribution in [-0.2, 0) is 11.3 Å². The van der Waals surface area contributed by atoms with Crippen LogP contribution in [-0.4, -0.2) is 42.9 Å². The van der Waals surface area contributed by atoms with Crippen molar-refractivity contribution in [3.63, 3.8) is 0 Å². The molecule has 106 valence electrons. The summed E-state index contributed by atoms with van der Waals surface area (Å²) in [5.74, 6) is 0.886. The summed E-state index contributed by atoms with van der Waals surface area (Å²) >= 11 is 0. The molecule has 0 radical (unpaired) electrons. The van der Waals surface area contributed by atoms with E-state index in [0.29, 0.717) is 18.7 Å². The lowest BCUT2D eigenvalue weighted by atomic mass is 10.1. The van der Waals surface area contributed by atoms with Gasteiger partial charge in [0.2, 0.25) is 5.91 Å². The normalized spacial score (nSPS) is 14.1. The molecule has 0 aliphatic heterocycles. The number of hydrogen-bond donors (Lipinski definition) is 0. The van der Waals surface area contributed by atoms with Crippen molar-refractivity contribution in [3.05, 3.63) is 35.4 Å². The fraction of sp³-hybridized carbons (Fsp3) is 0.500. The van der Waals surface area contributed by atoms with Gasteiger partial charge in [-0.05, 0) is 43.5 Å². The Morgan fingerprint density at radius 2 is 2.15 bits per heavy atom. The third kappa shape index (κ3) is 4.36. The van der Waals surface area contributed by atoms with Gasteiger partial charge in [-0.3, -0.25) is 9.69 Å². The van der Waals surface area contributed by atoms with Crippen molar-refractivity contribution in [1.82, 2.24) is 9.80 Å². The molecule has 1 amide bonds. The maximum atomic E-state index is 12.1. The maximum Gasteiger partial charge on any atom is 0.236 e. The molecular formula is C16H21N3O. The molecule has 2 rings (SSSR count). The summed E-state index contributed by atoms with van der Waals surface area (Å²) in [6, 6.07) is 9.65. The van der Waals surface area contributed by atoms with Crippen LogP contribution in [0, 0.1) is 17.2 Å². The van der Waals surface area contributed by atoms with E-state index in [1.54, 1.807) is 6.07 Å². The van der Waals surface area contributed by atoms with Crippen molar-refractivity contribution in [2.75, 3.05) is 27.2 Å². The van der Waals surface area contributed by atoms with Crippen LogP contribution in [0.5, 0.6) is 0 Å². The SMILES string of the molecule is CN(CC(=O)N(C)CC1CC1)Cc1cccc(C#N)c1. The highest BCUT2D eigenvalue weighted by Crippen LogP contribution is 2.29. The van der Waals surface area contributed by atoms with Crippen LogP contribution in [0.15, 0.2) is 24.3 Å². The van der Waals surface area contributed by atoms with E-state index in [4.69, 9.17) is 5.26 Å². The molecule has 0 atom stereocenters. The zero-order valence-corrected chi connectivity index (χ0v) is 12.2. The molecule has 1 saturated carbocycles. The Hall–Kier alpha value is -1.86. The van der Waals surface area contributed by atoms with Crippen molar-refractivity contribution in [1.29, 1.82) is 5.26 Å². The Labute approximate surface area is 120 Å². The Morgan fingerprint density at radius 1 is 1.40 bits per heavy atom. The maximum absolute atomic E-state index is 12.1. The molecule has 4 nitrogen and oxygen atoms in total. The fourth-order valence-corrected chi connectivity index (χ4v) is 2.25. The van der Waals surface area contributed by atoms with E-state index in [0.717, 1.165) is 18.0 Å². The highest BCUT2D eigenvalue weighted by atomic mass is 16.2. The Kier molecular flexibility index (Phi) is 4.75. The molecule has 0 bridgehead atoms. The number of likely N-dealkylation sites (N-methyl/N-ethyl adjacent to an activating group) is 2. The van der Waals surface area contributed by atoms with Crippen LogP contribution in [0.1, 0.15) is 24.0 Å². The average molecular weight is 271 g/mol. The first-order chi connectivity index (χ1) is 9.58. The second-order valence-corrected chi connectivity index (χ2v) is 5.70. The lowest BCUT2D eigenvalue weighted by molar-refractivity contribution is -0.131. The Balaban J connectivity index is 1.83. The second-order valence-electron chi connectivity index (χ2n) is 5.70. The van der Waals surface area contributed by atoms with Crippen LogP contribution in [0.25, 0.3) is 0 Å². The van der Waals surface area contributed by atoms with Crippen molar-refractivity contribution in [3.8, 4) is 6.07 Å². The van der Waals surface area contributed by atoms with Gasteiger partial charge in [0, 0.05) is 20.1 Å². The van der Waals surface area contributed by atoms with Gasteiger partial charge in [0.05, 0.1) is 18.2 Å². The van der Waals surface area contributed by atoms with E-state index in [1.165, 1.54) is 12.8 Å². The van der Waals surface area contributed by atoms with Crippen LogP contribution >= 0.6 is 0 Å². The van der Waals surface area contributed by atoms with E-state index in [-0.39, 0.29) is 5.91 Å². The molecule has 0 heterocycles. The van der Waals surface area contributed by atoms with Gasteiger partial charge in [-0.15, -0.1) is 0 Å². The summed E-state index contributed by atoms with van der Waals surface area (Å²) in [6.07, 6.45) is 2.52. The highest BCUT2D eigenvalue weighted by molar-refractivity contribution is 5.78. The van der Waals surface area contributed by atoms with Crippen molar-refractivity contribution < 1.29 is 4.79 Å². The van der Waals surface area contributed by atoms with Gasteiger partial charge >= 0.3 is 0 Å². The minimum absolute atomic E-state index is 0.163. The highest BCUT2D eigenvalue weighted by Gasteiger charge is 2.25. The monoisotopic (exact) mass is 271 g/mol. The predicted octanol–water partition coefficient (Wildman–Crippen LogP) is 1.86. The van der Waals surface area contributed by atoms with Crippen molar-refractivity contribution >= 4 is 5.91 Å². The summed E-state index contributed by atoms with van der Waals surface area (Å²) in [5.41, 5.74) is 1.72. The standard InChI is InChI=1S/C16H21N3O/c1-18(10-15-5-3-4-14(8-15)9-17)12-16(20)19(2)11-13-6-7-13/h3-5,8,13H,6-7,10-12H2,1-2H3. The third-order valence-electron chi connectivity index (χ3n) is 3.57. The van der Waals surface area contributed by atoms with Gasteiger partial charge < -0.3 is 4.90 Å². The quantitative estimate of drug-likeness (QED) is 0.793. The van der Waals surface area contributed by atoms with E-state index in [2.05, 4.69) is 6.07 Å². The molecule has 1 aliphatic carbocycles. The van der Waals surface area contributed by atoms with E-state index >= 15 is 0 Å². The first-order valence-electron chi connectivity index (χ1n) is 7.00. The predicted molar refractivity (Wildman–Crippen MR) is 77.9 cm³/mol. The molecule has 4 heteroatoms. The van der Waals surface area contributed by atoms with Crippen LogP contribution in [0.4, 0.5) is 0 Å². The molecule has 0 aromatic heterocycles. The minimum atomic E-state index is 0.163. The van der Waals surface area contributed by atoms with Gasteiger partial charge in [-0.2, -0.15) is 5.26 Å². The van der Waals surface area contributed by atoms with Gasteiger partial charge in [0.25, 0.3) is 0 Å². The van der Waals surface area contributed by atoms with Crippen molar-refractivity contribution in [2.24, 2.45) is 5.92 Å². The molecule has 1 aromatic rings. The molecule has 1 aliphatic rings. The lowest BCUT2D eigenvalue weighted by Gasteiger charge is -2.22. The van der Waals surface area contributed by atoms with Crippen LogP contribution in [0.3, 0.4) is 0 Å². The number of nitrogens with zero attached hydrogens (tertiary/aromatic N) is 3. The largest absolute Gasteiger partial charge is 0.344 e. The molecule has 0 unspecified atom stereocenters. The van der Waals surface area contributed by atoms with Crippen LogP contribution in [0.2, 0.25) is 0 Å². The van der Waals surface area contributed by atoms with Crippen molar-refractivity contribution in [2.45, 2.75) is 19.4 Å². The van der Waals surface area contributed by atoms with E-state index in [1.807, 2.05) is 42.1 Å². The van der Waals surface area contributed by atoms with Gasteiger partial charge in [0.15, 0.2) is 0 Å². The number of hydrogen-bond acceptors (Lipinski definition) is 3. The summed E-state index contributed by atoms with van der Waals surface area (Å²) in [6.45, 7) is 1.98. The number of benzene rings is 1. The topological polar surface area (TPSA) is 47.3 Å². The van der Waals surface area contributed by atoms with Gasteiger partial charge in [-0.25, -0.2) is 0 Å². The number of carbonyl (C=O) groups excluding carboxylic acids is 1. The number of nitriles is 1. The number of amides is 1. The first kappa shape index (κ1) is 14.5. The molecule has 1 aromatic carbocycles. The molecule has 1 fully saturated rings. The molecular weight excluding hydrogens is 250 g/mol. The Morgan fingerprint density at radius 3 is 2.80 bits per heavy atom. The van der Waals surface area contributed by atoms with Crippen LogP contribution < -0.4 is 0 Å². The summed E-state index contributed by atoms with van der Waals surface area (Å²) in [5, 5.41) is 8.88. The molecule has 0 N–H and O–H groups in total. The van der Waals surface area contributed by atoms with E-state index < -0.39 is 0 Å². The average Bonchev–Trinajstić information content (AvgIpc) is 3.22. The lowest BCUT2D eigenvalue weighted by Crippen LogP contribution is -2.37. The molecule has 0 spiro atoms. The minimum Gasteiger partial charge on any atom is -0.344 e. The Bertz CT molecular complexity index is 517. The molecule has 0 saturated heterocycles. The fourth-order valence-electron chi connectivity index (χ4n) is 2.25. The summed E-state index contributed by atoms with van der Waals surface area (Å²) in [4.78, 5) is 15.9. The first-order valence-corrected chi connectivity index (χ1v) is 7.00. The van der Waals surface area contributed by atoms with Gasteiger partial charge in [0.1, 0.15) is 0 Å². The molecule has 20 heavy (non-hydrogen) atoms. The summed E-state index contributed by atoms with van der Waals surface area (Å²) in [7, 11) is 3.81. The van der Waals surface area contributed by atoms with E-state index in [9.17, 15) is 4.79 Å². The second kappa shape index (κ2) is 6.53. The summed E-state index contributed by atoms with van der Waals surface area (Å²) < 4.78 is 0. The third-order valence-corrected chi connectivity index (χ3v) is 3.57. The number of carbonyl (C=O) groups is 1.